The van der Waals surface area contributed by atoms with Crippen LogP contribution in [0.15, 0.2) is 72.8 Å². The molecular weight excluding hydrogens is 334 g/mol. The zero-order valence-electron chi connectivity index (χ0n) is 15.2. The maximum Gasteiger partial charge on any atom is 0.228 e. The van der Waals surface area contributed by atoms with Crippen molar-refractivity contribution in [1.82, 2.24) is 9.97 Å². The van der Waals surface area contributed by atoms with Crippen molar-refractivity contribution >= 4 is 22.6 Å². The zero-order chi connectivity index (χ0) is 18.6. The lowest BCUT2D eigenvalue weighted by Gasteiger charge is -2.07. The number of nitrogens with one attached hydrogen (secondary N) is 2. The van der Waals surface area contributed by atoms with Gasteiger partial charge in [-0.2, -0.15) is 0 Å². The Balaban J connectivity index is 1.43. The van der Waals surface area contributed by atoms with Crippen LogP contribution in [0.5, 0.6) is 0 Å². The lowest BCUT2D eigenvalue weighted by Crippen LogP contribution is -2.14. The average molecular weight is 355 g/mol. The molecule has 0 fully saturated rings. The minimum atomic E-state index is -0.0178. The van der Waals surface area contributed by atoms with E-state index in [1.165, 1.54) is 5.56 Å². The van der Waals surface area contributed by atoms with Crippen LogP contribution < -0.4 is 5.32 Å². The van der Waals surface area contributed by atoms with Gasteiger partial charge in [-0.15, -0.1) is 0 Å². The number of H-pyrrole nitrogens is 1. The summed E-state index contributed by atoms with van der Waals surface area (Å²) >= 11 is 0. The molecule has 0 aliphatic heterocycles. The molecule has 1 heterocycles. The van der Waals surface area contributed by atoms with E-state index in [0.29, 0.717) is 6.42 Å². The summed E-state index contributed by atoms with van der Waals surface area (Å²) in [6.45, 7) is 2.12. The average Bonchev–Trinajstić information content (AvgIpc) is 3.13. The number of rotatable bonds is 5. The van der Waals surface area contributed by atoms with Crippen LogP contribution in [-0.2, 0) is 17.6 Å². The third-order valence-electron chi connectivity index (χ3n) is 4.63. The van der Waals surface area contributed by atoms with E-state index < -0.39 is 0 Å². The number of carbonyl (C=O) groups excluding carboxylic acids is 1. The molecule has 0 aliphatic carbocycles. The predicted octanol–water partition coefficient (Wildman–Crippen LogP) is 4.97. The van der Waals surface area contributed by atoms with E-state index in [4.69, 9.17) is 0 Å². The number of hydrogen-bond acceptors (Lipinski definition) is 2. The number of para-hydroxylation sites is 2. The molecule has 0 aliphatic rings. The van der Waals surface area contributed by atoms with Gasteiger partial charge in [0, 0.05) is 11.3 Å². The third kappa shape index (κ3) is 3.90. The largest absolute Gasteiger partial charge is 0.338 e. The number of hydrogen-bond donors (Lipinski definition) is 2. The fourth-order valence-electron chi connectivity index (χ4n) is 3.08. The molecule has 4 rings (SSSR count). The fourth-order valence-corrected chi connectivity index (χ4v) is 3.08. The normalized spacial score (nSPS) is 10.9. The Morgan fingerprint density at radius 2 is 1.63 bits per heavy atom. The molecule has 3 aromatic carbocycles. The molecule has 4 nitrogen and oxygen atoms in total. The molecule has 4 aromatic rings. The van der Waals surface area contributed by atoms with Crippen molar-refractivity contribution in [1.29, 1.82) is 0 Å². The highest BCUT2D eigenvalue weighted by Crippen LogP contribution is 2.22. The van der Waals surface area contributed by atoms with Gasteiger partial charge in [-0.25, -0.2) is 4.98 Å². The summed E-state index contributed by atoms with van der Waals surface area (Å²) < 4.78 is 0. The highest BCUT2D eigenvalue weighted by Gasteiger charge is 2.07. The molecule has 27 heavy (non-hydrogen) atoms. The maximum absolute atomic E-state index is 12.3. The van der Waals surface area contributed by atoms with Crippen LogP contribution in [0, 0.1) is 0 Å². The van der Waals surface area contributed by atoms with Gasteiger partial charge < -0.3 is 10.3 Å². The Morgan fingerprint density at radius 1 is 0.926 bits per heavy atom. The second kappa shape index (κ2) is 7.46. The Bertz CT molecular complexity index is 1030. The van der Waals surface area contributed by atoms with Crippen LogP contribution >= 0.6 is 0 Å². The first-order valence-electron chi connectivity index (χ1n) is 9.14. The van der Waals surface area contributed by atoms with Crippen molar-refractivity contribution in [3.8, 4) is 11.4 Å². The molecule has 4 heteroatoms. The predicted molar refractivity (Wildman–Crippen MR) is 110 cm³/mol. The number of anilines is 1. The number of carbonyl (C=O) groups is 1. The number of aryl methyl sites for hydroxylation is 1. The molecule has 1 amide bonds. The summed E-state index contributed by atoms with van der Waals surface area (Å²) in [4.78, 5) is 20.2. The van der Waals surface area contributed by atoms with E-state index in [1.807, 2.05) is 60.7 Å². The lowest BCUT2D eigenvalue weighted by molar-refractivity contribution is -0.115. The van der Waals surface area contributed by atoms with Gasteiger partial charge in [-0.05, 0) is 53.9 Å². The van der Waals surface area contributed by atoms with Gasteiger partial charge in [-0.1, -0.05) is 43.3 Å². The van der Waals surface area contributed by atoms with Gasteiger partial charge >= 0.3 is 0 Å². The van der Waals surface area contributed by atoms with Crippen molar-refractivity contribution in [3.63, 3.8) is 0 Å². The molecule has 0 bridgehead atoms. The number of fused-ring (bicyclic) bond motifs is 1. The molecule has 2 N–H and O–H groups in total. The van der Waals surface area contributed by atoms with Gasteiger partial charge in [0.05, 0.1) is 17.5 Å². The highest BCUT2D eigenvalue weighted by atomic mass is 16.1. The summed E-state index contributed by atoms with van der Waals surface area (Å²) in [5, 5.41) is 2.95. The Labute approximate surface area is 158 Å². The zero-order valence-corrected chi connectivity index (χ0v) is 15.2. The minimum absolute atomic E-state index is 0.0178. The Kier molecular flexibility index (Phi) is 4.71. The van der Waals surface area contributed by atoms with Gasteiger partial charge in [0.1, 0.15) is 5.82 Å². The van der Waals surface area contributed by atoms with E-state index in [2.05, 4.69) is 34.3 Å². The van der Waals surface area contributed by atoms with E-state index in [1.54, 1.807) is 0 Å². The van der Waals surface area contributed by atoms with E-state index in [9.17, 15) is 4.79 Å². The van der Waals surface area contributed by atoms with Crippen LogP contribution in [0.1, 0.15) is 18.1 Å². The standard InChI is InChI=1S/C23H21N3O/c1-2-16-7-9-17(10-8-16)15-22(27)24-19-13-11-18(12-14-19)23-25-20-5-3-4-6-21(20)26-23/h3-14H,2,15H2,1H3,(H,24,27)(H,25,26). The van der Waals surface area contributed by atoms with Crippen LogP contribution in [-0.4, -0.2) is 15.9 Å². The van der Waals surface area contributed by atoms with Crippen LogP contribution in [0.3, 0.4) is 0 Å². The molecule has 134 valence electrons. The first-order valence-corrected chi connectivity index (χ1v) is 9.14. The van der Waals surface area contributed by atoms with Crippen molar-refractivity contribution in [3.05, 3.63) is 83.9 Å². The van der Waals surface area contributed by atoms with Gasteiger partial charge in [0.15, 0.2) is 0 Å². The summed E-state index contributed by atoms with van der Waals surface area (Å²) in [5.41, 5.74) is 6.02. The summed E-state index contributed by atoms with van der Waals surface area (Å²) in [6.07, 6.45) is 1.37. The maximum atomic E-state index is 12.3. The van der Waals surface area contributed by atoms with Crippen molar-refractivity contribution in [2.75, 3.05) is 5.32 Å². The second-order valence-corrected chi connectivity index (χ2v) is 6.57. The van der Waals surface area contributed by atoms with E-state index in [0.717, 1.165) is 40.1 Å². The molecule has 0 saturated heterocycles. The number of amides is 1. The lowest BCUT2D eigenvalue weighted by atomic mass is 10.1. The molecule has 0 spiro atoms. The topological polar surface area (TPSA) is 57.8 Å². The number of nitrogens with zero attached hydrogens (tertiary/aromatic N) is 1. The minimum Gasteiger partial charge on any atom is -0.338 e. The van der Waals surface area contributed by atoms with E-state index in [-0.39, 0.29) is 5.91 Å². The second-order valence-electron chi connectivity index (χ2n) is 6.57. The number of imidazole rings is 1. The SMILES string of the molecule is CCc1ccc(CC(=O)Nc2ccc(-c3nc4ccccc4[nH]3)cc2)cc1. The highest BCUT2D eigenvalue weighted by molar-refractivity contribution is 5.92. The quantitative estimate of drug-likeness (QED) is 0.531. The summed E-state index contributed by atoms with van der Waals surface area (Å²) in [5.74, 6) is 0.806. The Morgan fingerprint density at radius 3 is 2.33 bits per heavy atom. The van der Waals surface area contributed by atoms with Crippen LogP contribution in [0.2, 0.25) is 0 Å². The smallest absolute Gasteiger partial charge is 0.228 e. The molecule has 0 atom stereocenters. The van der Waals surface area contributed by atoms with Crippen molar-refractivity contribution in [2.24, 2.45) is 0 Å². The number of benzene rings is 3. The van der Waals surface area contributed by atoms with Crippen LogP contribution in [0.25, 0.3) is 22.4 Å². The summed E-state index contributed by atoms with van der Waals surface area (Å²) in [7, 11) is 0. The van der Waals surface area contributed by atoms with Crippen molar-refractivity contribution < 1.29 is 4.79 Å². The van der Waals surface area contributed by atoms with Crippen LogP contribution in [0.4, 0.5) is 5.69 Å². The first kappa shape index (κ1) is 17.0. The van der Waals surface area contributed by atoms with Gasteiger partial charge in [0.25, 0.3) is 0 Å². The molecule has 0 radical (unpaired) electrons. The third-order valence-corrected chi connectivity index (χ3v) is 4.63. The molecule has 0 unspecified atom stereocenters. The molecule has 0 saturated carbocycles. The number of aromatic amines is 1. The first-order chi connectivity index (χ1) is 13.2. The van der Waals surface area contributed by atoms with Gasteiger partial charge in [0.2, 0.25) is 5.91 Å². The van der Waals surface area contributed by atoms with E-state index >= 15 is 0 Å². The summed E-state index contributed by atoms with van der Waals surface area (Å²) in [6, 6.07) is 23.9. The molecular formula is C23H21N3O. The number of aromatic nitrogens is 2. The Hall–Kier alpha value is -3.40. The molecule has 1 aromatic heterocycles. The fraction of sp³-hybridized carbons (Fsp3) is 0.130. The van der Waals surface area contributed by atoms with Gasteiger partial charge in [-0.3, -0.25) is 4.79 Å². The van der Waals surface area contributed by atoms with Crippen molar-refractivity contribution in [2.45, 2.75) is 19.8 Å². The monoisotopic (exact) mass is 355 g/mol.